The quantitative estimate of drug-likeness (QED) is 0.821. The Bertz CT molecular complexity index is 674. The summed E-state index contributed by atoms with van der Waals surface area (Å²) in [7, 11) is 0. The molecule has 0 spiro atoms. The van der Waals surface area contributed by atoms with Gasteiger partial charge in [-0.05, 0) is 65.2 Å². The van der Waals surface area contributed by atoms with E-state index in [0.717, 1.165) is 47.5 Å². The van der Waals surface area contributed by atoms with Crippen molar-refractivity contribution in [2.45, 2.75) is 53.4 Å². The Kier molecular flexibility index (Phi) is 6.01. The van der Waals surface area contributed by atoms with Gasteiger partial charge in [0.25, 0.3) is 0 Å². The van der Waals surface area contributed by atoms with Crippen LogP contribution in [-0.4, -0.2) is 33.0 Å². The van der Waals surface area contributed by atoms with Crippen molar-refractivity contribution in [3.8, 4) is 0 Å². The molecule has 2 aromatic heterocycles. The van der Waals surface area contributed by atoms with Gasteiger partial charge >= 0.3 is 0 Å². The Morgan fingerprint density at radius 3 is 1.50 bits per heavy atom. The number of rotatable bonds is 6. The molecule has 0 atom stereocenters. The minimum absolute atomic E-state index is 0.716. The fourth-order valence-corrected chi connectivity index (χ4v) is 3.53. The van der Waals surface area contributed by atoms with Gasteiger partial charge in [0.15, 0.2) is 0 Å². The lowest BCUT2D eigenvalue weighted by atomic mass is 9.82. The van der Waals surface area contributed by atoms with Crippen molar-refractivity contribution in [2.75, 3.05) is 23.7 Å². The molecular formula is C20H30N6. The van der Waals surface area contributed by atoms with Gasteiger partial charge in [-0.15, -0.1) is 0 Å². The maximum atomic E-state index is 4.55. The van der Waals surface area contributed by atoms with E-state index in [-0.39, 0.29) is 0 Å². The lowest BCUT2D eigenvalue weighted by Gasteiger charge is -2.29. The standard InChI is InChI=1S/C20H30N6/c1-13-9-21-15(3)19(25-13)23-11-17-5-7-18(8-6-17)12-24-20-16(4)22-10-14(2)26-20/h9-10,17-18H,5-8,11-12H2,1-4H3,(H,23,25)(H,24,26). The highest BCUT2D eigenvalue weighted by Gasteiger charge is 2.21. The summed E-state index contributed by atoms with van der Waals surface area (Å²) in [4.78, 5) is 17.9. The molecule has 0 amide bonds. The van der Waals surface area contributed by atoms with Crippen LogP contribution in [0.3, 0.4) is 0 Å². The van der Waals surface area contributed by atoms with E-state index < -0.39 is 0 Å². The van der Waals surface area contributed by atoms with Crippen molar-refractivity contribution in [3.05, 3.63) is 35.2 Å². The first kappa shape index (κ1) is 18.5. The number of hydrogen-bond acceptors (Lipinski definition) is 6. The summed E-state index contributed by atoms with van der Waals surface area (Å²) in [6.07, 6.45) is 8.68. The van der Waals surface area contributed by atoms with Crippen LogP contribution in [0.5, 0.6) is 0 Å². The molecule has 6 nitrogen and oxygen atoms in total. The van der Waals surface area contributed by atoms with Crippen LogP contribution in [0.25, 0.3) is 0 Å². The van der Waals surface area contributed by atoms with Crippen molar-refractivity contribution in [2.24, 2.45) is 11.8 Å². The van der Waals surface area contributed by atoms with Gasteiger partial charge in [-0.3, -0.25) is 9.97 Å². The summed E-state index contributed by atoms with van der Waals surface area (Å²) in [6.45, 7) is 9.95. The molecule has 0 unspecified atom stereocenters. The zero-order chi connectivity index (χ0) is 18.5. The third-order valence-corrected chi connectivity index (χ3v) is 5.23. The van der Waals surface area contributed by atoms with E-state index in [4.69, 9.17) is 0 Å². The third-order valence-electron chi connectivity index (χ3n) is 5.23. The Balaban J connectivity index is 1.43. The van der Waals surface area contributed by atoms with E-state index in [9.17, 15) is 0 Å². The van der Waals surface area contributed by atoms with E-state index in [1.54, 1.807) is 0 Å². The fourth-order valence-electron chi connectivity index (χ4n) is 3.53. The van der Waals surface area contributed by atoms with Gasteiger partial charge in [-0.1, -0.05) is 0 Å². The number of nitrogens with zero attached hydrogens (tertiary/aromatic N) is 4. The maximum Gasteiger partial charge on any atom is 0.147 e. The first-order valence-corrected chi connectivity index (χ1v) is 9.59. The molecule has 0 aliphatic heterocycles. The minimum Gasteiger partial charge on any atom is -0.368 e. The molecule has 3 rings (SSSR count). The van der Waals surface area contributed by atoms with Crippen LogP contribution < -0.4 is 10.6 Å². The molecule has 1 aliphatic carbocycles. The summed E-state index contributed by atoms with van der Waals surface area (Å²) >= 11 is 0. The van der Waals surface area contributed by atoms with Crippen LogP contribution in [0.4, 0.5) is 11.6 Å². The van der Waals surface area contributed by atoms with Crippen LogP contribution in [0.15, 0.2) is 12.4 Å². The molecule has 1 aliphatic rings. The van der Waals surface area contributed by atoms with Crippen LogP contribution >= 0.6 is 0 Å². The molecular weight excluding hydrogens is 324 g/mol. The lowest BCUT2D eigenvalue weighted by Crippen LogP contribution is -2.25. The zero-order valence-electron chi connectivity index (χ0n) is 16.3. The monoisotopic (exact) mass is 354 g/mol. The highest BCUT2D eigenvalue weighted by molar-refractivity contribution is 5.40. The Hall–Kier alpha value is -2.24. The topological polar surface area (TPSA) is 75.6 Å². The van der Waals surface area contributed by atoms with Crippen LogP contribution in [-0.2, 0) is 0 Å². The normalized spacial score (nSPS) is 20.0. The number of hydrogen-bond donors (Lipinski definition) is 2. The number of aryl methyl sites for hydroxylation is 4. The SMILES string of the molecule is Cc1cnc(C)c(NCC2CCC(CNc3nc(C)cnc3C)CC2)n1. The van der Waals surface area contributed by atoms with Crippen molar-refractivity contribution in [1.29, 1.82) is 0 Å². The molecule has 2 aromatic rings. The van der Waals surface area contributed by atoms with Crippen molar-refractivity contribution in [1.82, 2.24) is 19.9 Å². The zero-order valence-corrected chi connectivity index (χ0v) is 16.3. The maximum absolute atomic E-state index is 4.55. The van der Waals surface area contributed by atoms with Gasteiger partial charge < -0.3 is 10.6 Å². The van der Waals surface area contributed by atoms with E-state index in [0.29, 0.717) is 11.8 Å². The molecule has 26 heavy (non-hydrogen) atoms. The molecule has 2 N–H and O–H groups in total. The average Bonchev–Trinajstić information content (AvgIpc) is 2.64. The molecule has 1 saturated carbocycles. The smallest absolute Gasteiger partial charge is 0.147 e. The molecule has 0 aromatic carbocycles. The highest BCUT2D eigenvalue weighted by Crippen LogP contribution is 2.29. The Labute approximate surface area is 156 Å². The highest BCUT2D eigenvalue weighted by atomic mass is 15.0. The summed E-state index contributed by atoms with van der Waals surface area (Å²) in [5, 5.41) is 7.00. The summed E-state index contributed by atoms with van der Waals surface area (Å²) in [5.41, 5.74) is 3.87. The van der Waals surface area contributed by atoms with Crippen molar-refractivity contribution >= 4 is 11.6 Å². The number of aromatic nitrogens is 4. The predicted octanol–water partition coefficient (Wildman–Crippen LogP) is 3.83. The summed E-state index contributed by atoms with van der Waals surface area (Å²) in [6, 6.07) is 0. The summed E-state index contributed by atoms with van der Waals surface area (Å²) < 4.78 is 0. The Morgan fingerprint density at radius 2 is 1.12 bits per heavy atom. The molecule has 2 heterocycles. The van der Waals surface area contributed by atoms with E-state index in [1.807, 2.05) is 40.1 Å². The fraction of sp³-hybridized carbons (Fsp3) is 0.600. The van der Waals surface area contributed by atoms with Crippen molar-refractivity contribution < 1.29 is 0 Å². The molecule has 1 fully saturated rings. The third kappa shape index (κ3) is 4.90. The van der Waals surface area contributed by atoms with Gasteiger partial charge in [0.1, 0.15) is 11.6 Å². The minimum atomic E-state index is 0.716. The second-order valence-electron chi connectivity index (χ2n) is 7.54. The van der Waals surface area contributed by atoms with Crippen LogP contribution in [0.1, 0.15) is 48.5 Å². The second kappa shape index (κ2) is 8.43. The summed E-state index contributed by atoms with van der Waals surface area (Å²) in [5.74, 6) is 3.30. The number of anilines is 2. The van der Waals surface area contributed by atoms with Gasteiger partial charge in [-0.25, -0.2) is 9.97 Å². The molecule has 0 bridgehead atoms. The van der Waals surface area contributed by atoms with E-state index in [1.165, 1.54) is 25.7 Å². The van der Waals surface area contributed by atoms with Gasteiger partial charge in [0, 0.05) is 25.5 Å². The van der Waals surface area contributed by atoms with E-state index in [2.05, 4.69) is 30.6 Å². The molecule has 6 heteroatoms. The largest absolute Gasteiger partial charge is 0.368 e. The predicted molar refractivity (Wildman–Crippen MR) is 105 cm³/mol. The first-order valence-electron chi connectivity index (χ1n) is 9.59. The van der Waals surface area contributed by atoms with Gasteiger partial charge in [0.05, 0.1) is 22.8 Å². The number of nitrogens with one attached hydrogen (secondary N) is 2. The van der Waals surface area contributed by atoms with Gasteiger partial charge in [-0.2, -0.15) is 0 Å². The van der Waals surface area contributed by atoms with Gasteiger partial charge in [0.2, 0.25) is 0 Å². The van der Waals surface area contributed by atoms with Crippen molar-refractivity contribution in [3.63, 3.8) is 0 Å². The van der Waals surface area contributed by atoms with Crippen LogP contribution in [0.2, 0.25) is 0 Å². The van der Waals surface area contributed by atoms with Crippen LogP contribution in [0, 0.1) is 39.5 Å². The van der Waals surface area contributed by atoms with E-state index >= 15 is 0 Å². The second-order valence-corrected chi connectivity index (χ2v) is 7.54. The average molecular weight is 355 g/mol. The Morgan fingerprint density at radius 1 is 0.731 bits per heavy atom. The molecule has 0 radical (unpaired) electrons. The lowest BCUT2D eigenvalue weighted by molar-refractivity contribution is 0.293. The first-order chi connectivity index (χ1) is 12.5. The molecule has 140 valence electrons. The molecule has 0 saturated heterocycles.